The molecule has 0 saturated carbocycles. The number of nitrogens with one attached hydrogen (secondary N) is 2. The second-order valence-corrected chi connectivity index (χ2v) is 7.80. The number of aryl methyl sites for hydroxylation is 2. The number of ketones is 1. The zero-order valence-electron chi connectivity index (χ0n) is 16.6. The van der Waals surface area contributed by atoms with Crippen molar-refractivity contribution in [1.29, 1.82) is 0 Å². The molecule has 7 nitrogen and oxygen atoms in total. The molecule has 2 aromatic carbocycles. The number of hydrogen-bond acceptors (Lipinski definition) is 5. The summed E-state index contributed by atoms with van der Waals surface area (Å²) in [6, 6.07) is 11.3. The van der Waals surface area contributed by atoms with E-state index in [0.29, 0.717) is 11.1 Å². The molecule has 0 spiro atoms. The Hall–Kier alpha value is -3.48. The highest BCUT2D eigenvalue weighted by Gasteiger charge is 2.43. The molecule has 2 aliphatic rings. The Morgan fingerprint density at radius 2 is 1.77 bits per heavy atom. The molecule has 3 amide bonds. The molecule has 2 N–H and O–H groups in total. The summed E-state index contributed by atoms with van der Waals surface area (Å²) in [5.74, 6) is -1.43. The van der Waals surface area contributed by atoms with Gasteiger partial charge in [0, 0.05) is 5.56 Å². The predicted molar refractivity (Wildman–Crippen MR) is 108 cm³/mol. The molecular weight excluding hydrogens is 384 g/mol. The van der Waals surface area contributed by atoms with E-state index in [0.717, 1.165) is 19.3 Å². The first kappa shape index (κ1) is 19.8. The molecule has 1 aliphatic heterocycles. The normalized spacial score (nSPS) is 20.2. The highest BCUT2D eigenvalue weighted by molar-refractivity contribution is 6.07. The van der Waals surface area contributed by atoms with E-state index in [1.807, 2.05) is 12.1 Å². The van der Waals surface area contributed by atoms with Crippen LogP contribution in [0, 0.1) is 0 Å². The zero-order chi connectivity index (χ0) is 21.3. The highest BCUT2D eigenvalue weighted by Crippen LogP contribution is 2.25. The Morgan fingerprint density at radius 1 is 1.00 bits per heavy atom. The Bertz CT molecular complexity index is 1060. The van der Waals surface area contributed by atoms with E-state index in [-0.39, 0.29) is 18.0 Å². The molecule has 1 heterocycles. The van der Waals surface area contributed by atoms with Crippen molar-refractivity contribution >= 4 is 23.7 Å². The van der Waals surface area contributed by atoms with Crippen molar-refractivity contribution in [3.05, 3.63) is 70.3 Å². The number of rotatable bonds is 5. The van der Waals surface area contributed by atoms with Crippen LogP contribution >= 0.6 is 0 Å². The standard InChI is InChI=1S/C23H22N2O5/c1-23(21(28)24-22(29)25-23)18-8-4-7-17(12-18)20(27)30-13-19(26)16-10-9-14-5-2-3-6-15(14)11-16/h4,7-12H,2-3,5-6,13H2,1H3,(H2,24,25,28,29). The van der Waals surface area contributed by atoms with Crippen molar-refractivity contribution in [2.45, 2.75) is 38.1 Å². The van der Waals surface area contributed by atoms with Crippen LogP contribution in [0.5, 0.6) is 0 Å². The number of amides is 3. The lowest BCUT2D eigenvalue weighted by atomic mass is 9.90. The van der Waals surface area contributed by atoms with Crippen LogP contribution in [0.2, 0.25) is 0 Å². The Balaban J connectivity index is 1.44. The summed E-state index contributed by atoms with van der Waals surface area (Å²) in [5.41, 5.74) is 2.38. The third kappa shape index (κ3) is 3.70. The molecule has 1 fully saturated rings. The number of imide groups is 1. The third-order valence-electron chi connectivity index (χ3n) is 5.73. The lowest BCUT2D eigenvalue weighted by Gasteiger charge is -2.21. The van der Waals surface area contributed by atoms with Gasteiger partial charge in [0.1, 0.15) is 5.54 Å². The molecule has 7 heteroatoms. The first-order valence-corrected chi connectivity index (χ1v) is 9.93. The van der Waals surface area contributed by atoms with Gasteiger partial charge in [0.2, 0.25) is 0 Å². The first-order valence-electron chi connectivity index (χ1n) is 9.93. The van der Waals surface area contributed by atoms with Crippen LogP contribution in [-0.4, -0.2) is 30.3 Å². The average molecular weight is 406 g/mol. The van der Waals surface area contributed by atoms with Crippen LogP contribution < -0.4 is 10.6 Å². The molecule has 154 valence electrons. The van der Waals surface area contributed by atoms with Gasteiger partial charge < -0.3 is 10.1 Å². The number of carbonyl (C=O) groups excluding carboxylic acids is 4. The average Bonchev–Trinajstić information content (AvgIpc) is 3.03. The topological polar surface area (TPSA) is 102 Å². The van der Waals surface area contributed by atoms with Crippen molar-refractivity contribution in [3.63, 3.8) is 0 Å². The maximum absolute atomic E-state index is 12.5. The van der Waals surface area contributed by atoms with Crippen molar-refractivity contribution in [2.24, 2.45) is 0 Å². The summed E-state index contributed by atoms with van der Waals surface area (Å²) in [7, 11) is 0. The van der Waals surface area contributed by atoms with Gasteiger partial charge in [-0.05, 0) is 67.5 Å². The van der Waals surface area contributed by atoms with E-state index in [1.54, 1.807) is 25.1 Å². The molecule has 0 radical (unpaired) electrons. The number of hydrogen-bond donors (Lipinski definition) is 2. The quantitative estimate of drug-likeness (QED) is 0.452. The van der Waals surface area contributed by atoms with Crippen LogP contribution in [0.25, 0.3) is 0 Å². The molecule has 1 aliphatic carbocycles. The van der Waals surface area contributed by atoms with Gasteiger partial charge in [0.05, 0.1) is 5.56 Å². The van der Waals surface area contributed by atoms with Crippen LogP contribution in [0.15, 0.2) is 42.5 Å². The summed E-state index contributed by atoms with van der Waals surface area (Å²) < 4.78 is 5.21. The first-order chi connectivity index (χ1) is 14.4. The van der Waals surface area contributed by atoms with Gasteiger partial charge in [-0.15, -0.1) is 0 Å². The molecule has 30 heavy (non-hydrogen) atoms. The van der Waals surface area contributed by atoms with Gasteiger partial charge >= 0.3 is 12.0 Å². The summed E-state index contributed by atoms with van der Waals surface area (Å²) in [6.45, 7) is 1.19. The second kappa shape index (κ2) is 7.74. The number of carbonyl (C=O) groups is 4. The van der Waals surface area contributed by atoms with Crippen molar-refractivity contribution < 1.29 is 23.9 Å². The fourth-order valence-corrected chi connectivity index (χ4v) is 3.91. The Kier molecular flexibility index (Phi) is 5.11. The lowest BCUT2D eigenvalue weighted by molar-refractivity contribution is -0.123. The minimum Gasteiger partial charge on any atom is -0.454 e. The maximum atomic E-state index is 12.5. The molecule has 0 bridgehead atoms. The molecule has 1 atom stereocenters. The summed E-state index contributed by atoms with van der Waals surface area (Å²) in [5, 5.41) is 4.74. The third-order valence-corrected chi connectivity index (χ3v) is 5.73. The number of Topliss-reactive ketones (excluding diaryl/α,β-unsaturated/α-hetero) is 1. The van der Waals surface area contributed by atoms with Gasteiger partial charge in [-0.2, -0.15) is 0 Å². The van der Waals surface area contributed by atoms with Gasteiger partial charge in [-0.3, -0.25) is 14.9 Å². The SMILES string of the molecule is CC1(c2cccc(C(=O)OCC(=O)c3ccc4c(c3)CCCC4)c2)NC(=O)NC1=O. The fourth-order valence-electron chi connectivity index (χ4n) is 3.91. The van der Waals surface area contributed by atoms with Gasteiger partial charge in [-0.1, -0.05) is 24.3 Å². The van der Waals surface area contributed by atoms with Crippen molar-refractivity contribution in [3.8, 4) is 0 Å². The molecular formula is C23H22N2O5. The number of urea groups is 1. The van der Waals surface area contributed by atoms with E-state index in [4.69, 9.17) is 4.74 Å². The monoisotopic (exact) mass is 406 g/mol. The van der Waals surface area contributed by atoms with Crippen LogP contribution in [0.1, 0.15) is 57.2 Å². The number of ether oxygens (including phenoxy) is 1. The molecule has 0 aromatic heterocycles. The summed E-state index contributed by atoms with van der Waals surface area (Å²) in [6.07, 6.45) is 4.28. The smallest absolute Gasteiger partial charge is 0.338 e. The summed E-state index contributed by atoms with van der Waals surface area (Å²) >= 11 is 0. The van der Waals surface area contributed by atoms with Crippen molar-refractivity contribution in [1.82, 2.24) is 10.6 Å². The molecule has 1 saturated heterocycles. The van der Waals surface area contributed by atoms with E-state index < -0.39 is 23.4 Å². The largest absolute Gasteiger partial charge is 0.454 e. The Labute approximate surface area is 173 Å². The van der Waals surface area contributed by atoms with Crippen LogP contribution in [0.3, 0.4) is 0 Å². The lowest BCUT2D eigenvalue weighted by Crippen LogP contribution is -2.40. The van der Waals surface area contributed by atoms with Crippen LogP contribution in [0.4, 0.5) is 4.79 Å². The zero-order valence-corrected chi connectivity index (χ0v) is 16.6. The van der Waals surface area contributed by atoms with Gasteiger partial charge in [0.15, 0.2) is 12.4 Å². The van der Waals surface area contributed by atoms with Gasteiger partial charge in [0.25, 0.3) is 5.91 Å². The maximum Gasteiger partial charge on any atom is 0.338 e. The minimum absolute atomic E-state index is 0.195. The molecule has 1 unspecified atom stereocenters. The van der Waals surface area contributed by atoms with E-state index in [1.165, 1.54) is 29.7 Å². The van der Waals surface area contributed by atoms with E-state index in [9.17, 15) is 19.2 Å². The number of fused-ring (bicyclic) bond motifs is 1. The predicted octanol–water partition coefficient (Wildman–Crippen LogP) is 2.66. The van der Waals surface area contributed by atoms with E-state index in [2.05, 4.69) is 10.6 Å². The minimum atomic E-state index is -1.27. The number of benzene rings is 2. The van der Waals surface area contributed by atoms with E-state index >= 15 is 0 Å². The summed E-state index contributed by atoms with van der Waals surface area (Å²) in [4.78, 5) is 48.6. The highest BCUT2D eigenvalue weighted by atomic mass is 16.5. The fraction of sp³-hybridized carbons (Fsp3) is 0.304. The molecule has 4 rings (SSSR count). The molecule has 2 aromatic rings. The number of esters is 1. The second-order valence-electron chi connectivity index (χ2n) is 7.80. The van der Waals surface area contributed by atoms with Gasteiger partial charge in [-0.25, -0.2) is 9.59 Å². The van der Waals surface area contributed by atoms with Crippen molar-refractivity contribution in [2.75, 3.05) is 6.61 Å². The van der Waals surface area contributed by atoms with Crippen LogP contribution in [-0.2, 0) is 27.9 Å². The Morgan fingerprint density at radius 3 is 2.50 bits per heavy atom.